The number of piperazine rings is 1. The Morgan fingerprint density at radius 2 is 1.71 bits per heavy atom. The number of rotatable bonds is 13. The molecule has 1 aromatic heterocycles. The topological polar surface area (TPSA) is 137 Å². The molecule has 3 amide bonds. The van der Waals surface area contributed by atoms with Crippen molar-refractivity contribution in [1.29, 1.82) is 0 Å². The summed E-state index contributed by atoms with van der Waals surface area (Å²) in [6, 6.07) is 14.7. The molecule has 5 rings (SSSR count). The molecule has 3 aromatic carbocycles. The number of unbranched alkanes of at least 4 members (excludes halogenated alkanes) is 2. The highest BCUT2D eigenvalue weighted by Gasteiger charge is 2.28. The van der Waals surface area contributed by atoms with Crippen molar-refractivity contribution in [1.82, 2.24) is 19.8 Å². The Labute approximate surface area is 287 Å². The van der Waals surface area contributed by atoms with Crippen molar-refractivity contribution in [3.8, 4) is 22.6 Å². The van der Waals surface area contributed by atoms with Gasteiger partial charge in [-0.1, -0.05) is 18.2 Å². The summed E-state index contributed by atoms with van der Waals surface area (Å²) in [5.41, 5.74) is 10.4. The minimum Gasteiger partial charge on any atom is -0.495 e. The van der Waals surface area contributed by atoms with Crippen molar-refractivity contribution in [2.45, 2.75) is 32.6 Å². The van der Waals surface area contributed by atoms with E-state index >= 15 is 0 Å². The number of carbonyl (C=O) groups is 3. The van der Waals surface area contributed by atoms with E-state index in [-0.39, 0.29) is 22.8 Å². The third-order valence-electron chi connectivity index (χ3n) is 8.98. The number of primary amides is 1. The van der Waals surface area contributed by atoms with Gasteiger partial charge in [-0.2, -0.15) is 0 Å². The van der Waals surface area contributed by atoms with Crippen LogP contribution in [-0.2, 0) is 4.79 Å². The van der Waals surface area contributed by atoms with E-state index in [2.05, 4.69) is 16.9 Å². The van der Waals surface area contributed by atoms with Crippen LogP contribution in [0.4, 0.5) is 11.6 Å². The van der Waals surface area contributed by atoms with E-state index in [4.69, 9.17) is 20.2 Å². The first-order valence-electron chi connectivity index (χ1n) is 16.6. The quantitative estimate of drug-likeness (QED) is 0.196. The maximum Gasteiger partial charge on any atom is 0.259 e. The van der Waals surface area contributed by atoms with Crippen LogP contribution in [-0.4, -0.2) is 106 Å². The van der Waals surface area contributed by atoms with Gasteiger partial charge in [-0.3, -0.25) is 14.4 Å². The van der Waals surface area contributed by atoms with Gasteiger partial charge < -0.3 is 39.8 Å². The Kier molecular flexibility index (Phi) is 11.1. The summed E-state index contributed by atoms with van der Waals surface area (Å²) in [5.74, 6) is 0.410. The number of amides is 3. The number of nitrogens with one attached hydrogen (secondary N) is 1. The van der Waals surface area contributed by atoms with E-state index in [1.54, 1.807) is 19.2 Å². The number of H-pyrrole nitrogens is 1. The van der Waals surface area contributed by atoms with Crippen molar-refractivity contribution < 1.29 is 23.9 Å². The zero-order chi connectivity index (χ0) is 35.2. The number of imidazole rings is 1. The monoisotopic (exact) mass is 669 g/mol. The second-order valence-electron chi connectivity index (χ2n) is 12.8. The summed E-state index contributed by atoms with van der Waals surface area (Å²) >= 11 is 0. The zero-order valence-corrected chi connectivity index (χ0v) is 29.3. The van der Waals surface area contributed by atoms with Gasteiger partial charge in [0.1, 0.15) is 11.5 Å². The summed E-state index contributed by atoms with van der Waals surface area (Å²) < 4.78 is 12.0. The maximum atomic E-state index is 14.1. The number of aromatic nitrogens is 2. The number of aromatic amines is 1. The van der Waals surface area contributed by atoms with Crippen LogP contribution in [0.15, 0.2) is 48.5 Å². The largest absolute Gasteiger partial charge is 0.495 e. The molecule has 4 aromatic rings. The Balaban J connectivity index is 1.32. The van der Waals surface area contributed by atoms with Gasteiger partial charge >= 0.3 is 0 Å². The lowest BCUT2D eigenvalue weighted by molar-refractivity contribution is -0.132. The van der Waals surface area contributed by atoms with Crippen LogP contribution in [0.5, 0.6) is 11.5 Å². The standard InChI is InChI=1S/C37H47N7O5/c1-24-14-17-29(30(23-24)49-22-9-7-8-13-31(45)44-20-18-42(4)19-21-44)43(5)36(47)27-16-15-26(34(48-6)32(27)35(38)46)25-11-10-12-28-33(25)40-37(39-28)41(2)3/h10-12,14-17,23H,7-9,13,18-22H2,1-6H3,(H2,38,46)(H,39,40). The molecule has 3 N–H and O–H groups in total. The molecule has 12 nitrogen and oxygen atoms in total. The lowest BCUT2D eigenvalue weighted by Gasteiger charge is -2.32. The summed E-state index contributed by atoms with van der Waals surface area (Å²) in [4.78, 5) is 55.2. The van der Waals surface area contributed by atoms with Crippen LogP contribution in [0.25, 0.3) is 22.2 Å². The highest BCUT2D eigenvalue weighted by atomic mass is 16.5. The van der Waals surface area contributed by atoms with E-state index in [1.807, 2.05) is 67.2 Å². The maximum absolute atomic E-state index is 14.1. The van der Waals surface area contributed by atoms with E-state index < -0.39 is 11.8 Å². The smallest absolute Gasteiger partial charge is 0.259 e. The summed E-state index contributed by atoms with van der Waals surface area (Å²) in [5, 5.41) is 0. The Morgan fingerprint density at radius 3 is 2.41 bits per heavy atom. The second kappa shape index (κ2) is 15.4. The summed E-state index contributed by atoms with van der Waals surface area (Å²) in [7, 11) is 8.96. The van der Waals surface area contributed by atoms with Crippen molar-refractivity contribution in [3.63, 3.8) is 0 Å². The lowest BCUT2D eigenvalue weighted by Crippen LogP contribution is -2.47. The normalized spacial score (nSPS) is 13.4. The number of hydrogen-bond acceptors (Lipinski definition) is 8. The molecule has 260 valence electrons. The number of nitrogens with zero attached hydrogens (tertiary/aromatic N) is 5. The number of para-hydroxylation sites is 1. The second-order valence-corrected chi connectivity index (χ2v) is 12.8. The molecule has 1 fully saturated rings. The minimum atomic E-state index is -0.787. The average molecular weight is 670 g/mol. The Morgan fingerprint density at radius 1 is 0.959 bits per heavy atom. The first-order valence-corrected chi connectivity index (χ1v) is 16.6. The van der Waals surface area contributed by atoms with Crippen molar-refractivity contribution in [2.24, 2.45) is 5.73 Å². The molecule has 0 aliphatic carbocycles. The van der Waals surface area contributed by atoms with Gasteiger partial charge in [0.05, 0.1) is 41.6 Å². The highest BCUT2D eigenvalue weighted by molar-refractivity contribution is 6.15. The summed E-state index contributed by atoms with van der Waals surface area (Å²) in [6.07, 6.45) is 2.96. The van der Waals surface area contributed by atoms with Crippen molar-refractivity contribution >= 4 is 40.4 Å². The van der Waals surface area contributed by atoms with Gasteiger partial charge in [0, 0.05) is 64.9 Å². The number of aryl methyl sites for hydroxylation is 1. The zero-order valence-electron chi connectivity index (χ0n) is 29.3. The number of hydrogen-bond donors (Lipinski definition) is 2. The molecule has 2 heterocycles. The Bertz CT molecular complexity index is 1830. The number of likely N-dealkylation sites (N-methyl/N-ethyl adjacent to an activating group) is 1. The fourth-order valence-corrected chi connectivity index (χ4v) is 6.13. The number of carbonyl (C=O) groups excluding carboxylic acids is 3. The number of ether oxygens (including phenoxy) is 2. The van der Waals surface area contributed by atoms with Gasteiger partial charge in [-0.05, 0) is 69.1 Å². The third kappa shape index (κ3) is 7.80. The number of nitrogens with two attached hydrogens (primary N) is 1. The molecule has 0 atom stereocenters. The first-order chi connectivity index (χ1) is 23.5. The molecule has 1 aliphatic heterocycles. The van der Waals surface area contributed by atoms with Crippen molar-refractivity contribution in [3.05, 3.63) is 65.2 Å². The number of methoxy groups -OCH3 is 1. The Hall–Kier alpha value is -5.10. The number of fused-ring (bicyclic) bond motifs is 1. The van der Waals surface area contributed by atoms with E-state index in [0.29, 0.717) is 41.5 Å². The molecule has 0 bridgehead atoms. The lowest BCUT2D eigenvalue weighted by atomic mass is 9.95. The molecule has 1 aliphatic rings. The average Bonchev–Trinajstić information content (AvgIpc) is 3.54. The molecule has 49 heavy (non-hydrogen) atoms. The van der Waals surface area contributed by atoms with Crippen LogP contribution in [0.2, 0.25) is 0 Å². The van der Waals surface area contributed by atoms with Gasteiger partial charge in [0.2, 0.25) is 11.9 Å². The van der Waals surface area contributed by atoms with Crippen LogP contribution < -0.4 is 25.0 Å². The van der Waals surface area contributed by atoms with E-state index in [0.717, 1.165) is 62.1 Å². The van der Waals surface area contributed by atoms with Gasteiger partial charge in [0.25, 0.3) is 11.8 Å². The van der Waals surface area contributed by atoms with Gasteiger partial charge in [-0.25, -0.2) is 4.98 Å². The SMILES string of the molecule is COc1c(-c2cccc3[nH]c(N(C)C)nc23)ccc(C(=O)N(C)c2ccc(C)cc2OCCCCCC(=O)N2CCN(C)CC2)c1C(N)=O. The molecular formula is C37H47N7O5. The molecule has 0 unspecified atom stereocenters. The molecule has 0 saturated carbocycles. The predicted octanol–water partition coefficient (Wildman–Crippen LogP) is 4.70. The van der Waals surface area contributed by atoms with Gasteiger partial charge in [0.15, 0.2) is 0 Å². The molecule has 0 spiro atoms. The van der Waals surface area contributed by atoms with E-state index in [1.165, 1.54) is 12.0 Å². The van der Waals surface area contributed by atoms with E-state index in [9.17, 15) is 14.4 Å². The van der Waals surface area contributed by atoms with Crippen LogP contribution in [0.1, 0.15) is 52.0 Å². The number of anilines is 2. The van der Waals surface area contributed by atoms with Crippen molar-refractivity contribution in [2.75, 3.05) is 77.9 Å². The minimum absolute atomic E-state index is 0.0158. The third-order valence-corrected chi connectivity index (χ3v) is 8.98. The fourth-order valence-electron chi connectivity index (χ4n) is 6.13. The number of benzene rings is 3. The predicted molar refractivity (Wildman–Crippen MR) is 193 cm³/mol. The molecular weight excluding hydrogens is 622 g/mol. The highest BCUT2D eigenvalue weighted by Crippen LogP contribution is 2.39. The molecule has 0 radical (unpaired) electrons. The van der Waals surface area contributed by atoms with Crippen LogP contribution >= 0.6 is 0 Å². The fraction of sp³-hybridized carbons (Fsp3) is 0.405. The molecule has 12 heteroatoms. The summed E-state index contributed by atoms with van der Waals surface area (Å²) in [6.45, 7) is 5.80. The van der Waals surface area contributed by atoms with Crippen LogP contribution in [0, 0.1) is 6.92 Å². The van der Waals surface area contributed by atoms with Gasteiger partial charge in [-0.15, -0.1) is 0 Å². The molecule has 1 saturated heterocycles. The first kappa shape index (κ1) is 35.2. The van der Waals surface area contributed by atoms with Crippen LogP contribution in [0.3, 0.4) is 0 Å².